The van der Waals surface area contributed by atoms with Crippen molar-refractivity contribution in [2.45, 2.75) is 49.5 Å². The largest absolute Gasteiger partial charge is 0.417 e. The molecular formula is C28H26ClF4N5OS2. The first kappa shape index (κ1) is 28.4. The van der Waals surface area contributed by atoms with Crippen molar-refractivity contribution in [3.63, 3.8) is 0 Å². The molecule has 6 nitrogen and oxygen atoms in total. The summed E-state index contributed by atoms with van der Waals surface area (Å²) in [6.45, 7) is 5.23. The first-order valence-corrected chi connectivity index (χ1v) is 15.3. The second-order valence-corrected chi connectivity index (χ2v) is 13.1. The van der Waals surface area contributed by atoms with E-state index >= 15 is 0 Å². The van der Waals surface area contributed by atoms with Crippen molar-refractivity contribution in [3.05, 3.63) is 68.4 Å². The monoisotopic (exact) mass is 623 g/mol. The van der Waals surface area contributed by atoms with Gasteiger partial charge in [-0.1, -0.05) is 11.6 Å². The topological polar surface area (TPSA) is 54.3 Å². The van der Waals surface area contributed by atoms with Crippen molar-refractivity contribution in [3.8, 4) is 10.4 Å². The molecule has 1 aromatic carbocycles. The molecule has 6 rings (SSSR count). The van der Waals surface area contributed by atoms with Gasteiger partial charge in [-0.05, 0) is 44.7 Å². The Hall–Kier alpha value is -2.67. The Morgan fingerprint density at radius 1 is 1.07 bits per heavy atom. The summed E-state index contributed by atoms with van der Waals surface area (Å²) in [6.07, 6.45) is -2.06. The molecule has 0 spiro atoms. The van der Waals surface area contributed by atoms with Gasteiger partial charge in [0.1, 0.15) is 11.6 Å². The molecule has 3 aromatic heterocycles. The third kappa shape index (κ3) is 5.13. The van der Waals surface area contributed by atoms with Crippen molar-refractivity contribution in [1.82, 2.24) is 19.4 Å². The van der Waals surface area contributed by atoms with Crippen LogP contribution in [0.1, 0.15) is 30.9 Å². The van der Waals surface area contributed by atoms with E-state index in [0.717, 1.165) is 23.6 Å². The van der Waals surface area contributed by atoms with Gasteiger partial charge in [0, 0.05) is 75.7 Å². The van der Waals surface area contributed by atoms with Gasteiger partial charge in [-0.15, -0.1) is 23.1 Å². The van der Waals surface area contributed by atoms with Crippen LogP contribution >= 0.6 is 34.7 Å². The van der Waals surface area contributed by atoms with Crippen LogP contribution in [-0.4, -0.2) is 57.4 Å². The highest BCUT2D eigenvalue weighted by atomic mass is 35.5. The fourth-order valence-corrected chi connectivity index (χ4v) is 8.34. The van der Waals surface area contributed by atoms with Crippen molar-refractivity contribution < 1.29 is 17.6 Å². The number of thiophene rings is 1. The minimum atomic E-state index is -4.68. The van der Waals surface area contributed by atoms with Crippen LogP contribution in [0, 0.1) is 5.82 Å². The van der Waals surface area contributed by atoms with Crippen LogP contribution in [0.15, 0.2) is 45.7 Å². The van der Waals surface area contributed by atoms with Crippen molar-refractivity contribution in [1.29, 1.82) is 0 Å². The molecule has 0 saturated carbocycles. The first-order chi connectivity index (χ1) is 19.4. The lowest BCUT2D eigenvalue weighted by Crippen LogP contribution is -2.55. The number of anilines is 1. The highest BCUT2D eigenvalue weighted by molar-refractivity contribution is 7.99. The summed E-state index contributed by atoms with van der Waals surface area (Å²) >= 11 is 8.54. The molecule has 0 N–H and O–H groups in total. The minimum Gasteiger partial charge on any atom is -0.353 e. The lowest BCUT2D eigenvalue weighted by molar-refractivity contribution is -0.137. The number of hydrogen-bond donors (Lipinski definition) is 0. The number of pyridine rings is 1. The maximum atomic E-state index is 14.8. The molecule has 4 aromatic rings. The molecule has 2 aliphatic heterocycles. The number of piperazine rings is 1. The summed E-state index contributed by atoms with van der Waals surface area (Å²) in [5.41, 5.74) is -0.396. The predicted octanol–water partition coefficient (Wildman–Crippen LogP) is 6.75. The number of alkyl halides is 3. The maximum absolute atomic E-state index is 14.8. The summed E-state index contributed by atoms with van der Waals surface area (Å²) < 4.78 is 60.0. The number of aromatic nitrogens is 3. The third-order valence-electron chi connectivity index (χ3n) is 8.01. The van der Waals surface area contributed by atoms with E-state index in [4.69, 9.17) is 11.6 Å². The molecule has 0 bridgehead atoms. The Kier molecular flexibility index (Phi) is 7.32. The Morgan fingerprint density at radius 2 is 1.80 bits per heavy atom. The minimum absolute atomic E-state index is 0.00432. The Bertz CT molecular complexity index is 1700. The van der Waals surface area contributed by atoms with Crippen LogP contribution in [0.5, 0.6) is 0 Å². The predicted molar refractivity (Wildman–Crippen MR) is 156 cm³/mol. The zero-order valence-electron chi connectivity index (χ0n) is 22.4. The number of rotatable bonds is 3. The van der Waals surface area contributed by atoms with Crippen LogP contribution < -0.4 is 10.6 Å². The van der Waals surface area contributed by atoms with Gasteiger partial charge in [0.25, 0.3) is 0 Å². The van der Waals surface area contributed by atoms with Gasteiger partial charge in [-0.2, -0.15) is 18.2 Å². The normalized spacial score (nSPS) is 21.9. The summed E-state index contributed by atoms with van der Waals surface area (Å²) in [7, 11) is 2.01. The molecule has 0 radical (unpaired) electrons. The molecule has 0 unspecified atom stereocenters. The standard InChI is InChI=1S/C28H26ClF4N5OS2/c1-14-9-37(10-15(2)36(14)3)26-20-6-21(28(31,32)33)23(22-5-18(29)13-40-22)25-24(20)38(27(39)35-26)11-17(12-41-25)16-4-19(30)8-34-7-16/h4-8,13-15,17H,9-12H2,1-3H3/t14-,15+,17-/m0/s1. The van der Waals surface area contributed by atoms with E-state index in [1.807, 2.05) is 25.8 Å². The maximum Gasteiger partial charge on any atom is 0.417 e. The highest BCUT2D eigenvalue weighted by Gasteiger charge is 2.39. The van der Waals surface area contributed by atoms with E-state index in [-0.39, 0.29) is 41.3 Å². The van der Waals surface area contributed by atoms with E-state index in [2.05, 4.69) is 14.9 Å². The number of nitrogens with zero attached hydrogens (tertiary/aromatic N) is 5. The van der Waals surface area contributed by atoms with Crippen LogP contribution in [0.4, 0.5) is 23.4 Å². The number of halogens is 5. The lowest BCUT2D eigenvalue weighted by Gasteiger charge is -2.43. The van der Waals surface area contributed by atoms with Gasteiger partial charge < -0.3 is 4.90 Å². The summed E-state index contributed by atoms with van der Waals surface area (Å²) in [4.78, 5) is 26.9. The number of likely N-dealkylation sites (N-methyl/N-ethyl adjacent to an activating group) is 1. The highest BCUT2D eigenvalue weighted by Crippen LogP contribution is 2.50. The van der Waals surface area contributed by atoms with Crippen molar-refractivity contribution >= 4 is 51.4 Å². The summed E-state index contributed by atoms with van der Waals surface area (Å²) in [5.74, 6) is -0.344. The van der Waals surface area contributed by atoms with Crippen LogP contribution in [-0.2, 0) is 12.7 Å². The van der Waals surface area contributed by atoms with E-state index in [1.54, 1.807) is 5.38 Å². The fraction of sp³-hybridized carbons (Fsp3) is 0.393. The Balaban J connectivity index is 1.66. The zero-order chi connectivity index (χ0) is 29.2. The molecule has 0 amide bonds. The van der Waals surface area contributed by atoms with Gasteiger partial charge >= 0.3 is 11.9 Å². The van der Waals surface area contributed by atoms with Gasteiger partial charge in [-0.25, -0.2) is 9.18 Å². The van der Waals surface area contributed by atoms with Gasteiger partial charge in [0.2, 0.25) is 0 Å². The Morgan fingerprint density at radius 3 is 2.44 bits per heavy atom. The molecule has 3 atom stereocenters. The van der Waals surface area contributed by atoms with E-state index in [0.29, 0.717) is 44.7 Å². The third-order valence-corrected chi connectivity index (χ3v) is 10.6. The molecule has 13 heteroatoms. The number of thioether (sulfide) groups is 1. The number of benzene rings is 1. The van der Waals surface area contributed by atoms with E-state index in [9.17, 15) is 22.4 Å². The fourth-order valence-electron chi connectivity index (χ4n) is 5.74. The average molecular weight is 624 g/mol. The molecule has 1 fully saturated rings. The molecule has 1 saturated heterocycles. The van der Waals surface area contributed by atoms with Crippen LogP contribution in [0.25, 0.3) is 21.3 Å². The quantitative estimate of drug-likeness (QED) is 0.235. The molecular weight excluding hydrogens is 598 g/mol. The molecule has 41 heavy (non-hydrogen) atoms. The molecule has 2 aliphatic rings. The second-order valence-electron chi connectivity index (χ2n) is 10.7. The summed E-state index contributed by atoms with van der Waals surface area (Å²) in [6, 6.07) is 4.21. The smallest absolute Gasteiger partial charge is 0.353 e. The zero-order valence-corrected chi connectivity index (χ0v) is 24.8. The number of hydrogen-bond acceptors (Lipinski definition) is 7. The first-order valence-electron chi connectivity index (χ1n) is 13.1. The lowest BCUT2D eigenvalue weighted by atomic mass is 9.99. The summed E-state index contributed by atoms with van der Waals surface area (Å²) in [5, 5.41) is 2.20. The van der Waals surface area contributed by atoms with E-state index in [1.165, 1.54) is 34.7 Å². The van der Waals surface area contributed by atoms with E-state index < -0.39 is 23.2 Å². The van der Waals surface area contributed by atoms with Crippen molar-refractivity contribution in [2.24, 2.45) is 0 Å². The van der Waals surface area contributed by atoms with Crippen molar-refractivity contribution in [2.75, 3.05) is 30.8 Å². The van der Waals surface area contributed by atoms with Gasteiger partial charge in [0.05, 0.1) is 22.3 Å². The average Bonchev–Trinajstić information content (AvgIpc) is 3.23. The molecule has 0 aliphatic carbocycles. The molecule has 216 valence electrons. The van der Waals surface area contributed by atoms with Crippen LogP contribution in [0.2, 0.25) is 5.02 Å². The Labute approximate surface area is 247 Å². The SMILES string of the molecule is C[C@@H]1CN(c2nc(=O)n3c4c(c(-c5cc(Cl)cs5)c(C(F)(F)F)cc24)SC[C@@H](c2cncc(F)c2)C3)C[C@H](C)N1C. The van der Waals surface area contributed by atoms with Gasteiger partial charge in [-0.3, -0.25) is 14.5 Å². The second kappa shape index (κ2) is 10.6. The van der Waals surface area contributed by atoms with Crippen LogP contribution in [0.3, 0.4) is 0 Å². The molecule has 5 heterocycles. The van der Waals surface area contributed by atoms with Gasteiger partial charge in [0.15, 0.2) is 0 Å².